The molecule has 0 saturated carbocycles. The van der Waals surface area contributed by atoms with Gasteiger partial charge in [0.25, 0.3) is 11.1 Å². The maximum atomic E-state index is 13.9. The number of nitrogens with zero attached hydrogens (tertiary/aromatic N) is 1. The van der Waals surface area contributed by atoms with Gasteiger partial charge in [-0.25, -0.2) is 4.39 Å². The minimum absolute atomic E-state index is 0.0877. The van der Waals surface area contributed by atoms with E-state index < -0.39 is 17.0 Å². The molecule has 2 amide bonds. The highest BCUT2D eigenvalue weighted by Gasteiger charge is 2.35. The Morgan fingerprint density at radius 1 is 0.824 bits per heavy atom. The molecule has 34 heavy (non-hydrogen) atoms. The van der Waals surface area contributed by atoms with Gasteiger partial charge in [-0.15, -0.1) is 0 Å². The molecular formula is C28H20FNO3S. The maximum absolute atomic E-state index is 13.9. The molecule has 0 unspecified atom stereocenters. The molecule has 0 radical (unpaired) electrons. The number of imide groups is 1. The van der Waals surface area contributed by atoms with Gasteiger partial charge in [0.1, 0.15) is 18.2 Å². The van der Waals surface area contributed by atoms with Crippen LogP contribution >= 0.6 is 11.8 Å². The van der Waals surface area contributed by atoms with Crippen LogP contribution in [0.2, 0.25) is 0 Å². The van der Waals surface area contributed by atoms with Gasteiger partial charge in [0.2, 0.25) is 0 Å². The van der Waals surface area contributed by atoms with Gasteiger partial charge in [0, 0.05) is 5.56 Å². The predicted octanol–water partition coefficient (Wildman–Crippen LogP) is 6.79. The van der Waals surface area contributed by atoms with E-state index in [0.717, 1.165) is 33.2 Å². The molecule has 4 aromatic rings. The van der Waals surface area contributed by atoms with Crippen LogP contribution in [0.15, 0.2) is 95.9 Å². The molecule has 1 aliphatic rings. The smallest absolute Gasteiger partial charge is 0.293 e. The molecule has 168 valence electrons. The minimum atomic E-state index is -0.440. The first-order chi connectivity index (χ1) is 16.6. The second-order valence-electron chi connectivity index (χ2n) is 7.86. The van der Waals surface area contributed by atoms with Gasteiger partial charge in [-0.1, -0.05) is 72.8 Å². The van der Waals surface area contributed by atoms with E-state index >= 15 is 0 Å². The lowest BCUT2D eigenvalue weighted by molar-refractivity contribution is -0.123. The van der Waals surface area contributed by atoms with Crippen LogP contribution in [0.25, 0.3) is 16.8 Å². The van der Waals surface area contributed by atoms with E-state index in [1.165, 1.54) is 11.5 Å². The van der Waals surface area contributed by atoms with Crippen LogP contribution in [0.1, 0.15) is 16.7 Å². The molecule has 4 nitrogen and oxygen atoms in total. The van der Waals surface area contributed by atoms with Crippen molar-refractivity contribution in [3.63, 3.8) is 0 Å². The Kier molecular flexibility index (Phi) is 6.14. The van der Waals surface area contributed by atoms with Crippen LogP contribution in [-0.2, 0) is 17.9 Å². The predicted molar refractivity (Wildman–Crippen MR) is 133 cm³/mol. The van der Waals surface area contributed by atoms with Crippen molar-refractivity contribution >= 4 is 39.8 Å². The largest absolute Gasteiger partial charge is 0.489 e. The number of fused-ring (bicyclic) bond motifs is 1. The third kappa shape index (κ3) is 4.58. The molecule has 0 N–H and O–H groups in total. The summed E-state index contributed by atoms with van der Waals surface area (Å²) in [5.41, 5.74) is 2.18. The highest BCUT2D eigenvalue weighted by Crippen LogP contribution is 2.34. The Balaban J connectivity index is 1.26. The summed E-state index contributed by atoms with van der Waals surface area (Å²) in [7, 11) is 0. The van der Waals surface area contributed by atoms with Crippen LogP contribution in [0.5, 0.6) is 5.75 Å². The van der Waals surface area contributed by atoms with Crippen LogP contribution in [0.4, 0.5) is 9.18 Å². The molecule has 0 spiro atoms. The van der Waals surface area contributed by atoms with E-state index in [1.807, 2.05) is 48.5 Å². The summed E-state index contributed by atoms with van der Waals surface area (Å²) in [4.78, 5) is 26.5. The normalized spacial score (nSPS) is 14.9. The molecule has 6 heteroatoms. The first kappa shape index (κ1) is 21.9. The highest BCUT2D eigenvalue weighted by molar-refractivity contribution is 8.18. The Morgan fingerprint density at radius 3 is 2.35 bits per heavy atom. The molecule has 4 aromatic carbocycles. The Morgan fingerprint density at radius 2 is 1.53 bits per heavy atom. The number of hydrogen-bond acceptors (Lipinski definition) is 4. The lowest BCUT2D eigenvalue weighted by Crippen LogP contribution is -2.27. The van der Waals surface area contributed by atoms with Gasteiger partial charge in [-0.3, -0.25) is 14.5 Å². The van der Waals surface area contributed by atoms with Crippen LogP contribution < -0.4 is 4.74 Å². The van der Waals surface area contributed by atoms with Crippen molar-refractivity contribution in [2.45, 2.75) is 13.2 Å². The number of hydrogen-bond donors (Lipinski definition) is 0. The number of thioether (sulfide) groups is 1. The first-order valence-corrected chi connectivity index (χ1v) is 11.6. The van der Waals surface area contributed by atoms with E-state index in [-0.39, 0.29) is 6.54 Å². The molecule has 1 aliphatic heterocycles. The summed E-state index contributed by atoms with van der Waals surface area (Å²) in [6.07, 6.45) is 1.67. The number of carbonyl (C=O) groups is 2. The molecule has 0 aliphatic carbocycles. The zero-order chi connectivity index (χ0) is 23.5. The molecule has 1 fully saturated rings. The third-order valence-corrected chi connectivity index (χ3v) is 6.52. The highest BCUT2D eigenvalue weighted by atomic mass is 32.2. The van der Waals surface area contributed by atoms with E-state index in [1.54, 1.807) is 24.3 Å². The summed E-state index contributed by atoms with van der Waals surface area (Å²) >= 11 is 0.859. The fourth-order valence-corrected chi connectivity index (χ4v) is 4.66. The summed E-state index contributed by atoms with van der Waals surface area (Å²) in [6.45, 7) is 0.352. The van der Waals surface area contributed by atoms with Crippen molar-refractivity contribution in [1.82, 2.24) is 4.90 Å². The first-order valence-electron chi connectivity index (χ1n) is 10.8. The van der Waals surface area contributed by atoms with Crippen molar-refractivity contribution in [1.29, 1.82) is 0 Å². The third-order valence-electron chi connectivity index (χ3n) is 5.61. The molecule has 0 aromatic heterocycles. The van der Waals surface area contributed by atoms with E-state index in [2.05, 4.69) is 18.2 Å². The number of rotatable bonds is 6. The summed E-state index contributed by atoms with van der Waals surface area (Å²) < 4.78 is 19.9. The minimum Gasteiger partial charge on any atom is -0.489 e. The second kappa shape index (κ2) is 9.53. The second-order valence-corrected chi connectivity index (χ2v) is 8.85. The Hall–Kier alpha value is -3.90. The van der Waals surface area contributed by atoms with Crippen molar-refractivity contribution in [3.05, 3.63) is 118 Å². The molecule has 1 heterocycles. The zero-order valence-corrected chi connectivity index (χ0v) is 18.9. The van der Waals surface area contributed by atoms with Gasteiger partial charge < -0.3 is 4.74 Å². The van der Waals surface area contributed by atoms with Gasteiger partial charge >= 0.3 is 0 Å². The van der Waals surface area contributed by atoms with Crippen LogP contribution in [0.3, 0.4) is 0 Å². The number of ether oxygens (including phenoxy) is 1. The SMILES string of the molecule is O=C1S/C(=C/c2ccc(OCc3cccc4ccccc34)cc2)C(=O)N1Cc1ccccc1F. The van der Waals surface area contributed by atoms with Crippen molar-refractivity contribution in [2.24, 2.45) is 0 Å². The van der Waals surface area contributed by atoms with Gasteiger partial charge in [-0.05, 0) is 57.9 Å². The topological polar surface area (TPSA) is 46.6 Å². The van der Waals surface area contributed by atoms with E-state index in [0.29, 0.717) is 22.8 Å². The standard InChI is InChI=1S/C28H20FNO3S/c29-25-11-4-2-7-21(25)17-30-27(31)26(34-28(30)32)16-19-12-14-23(15-13-19)33-18-22-9-5-8-20-6-1-3-10-24(20)22/h1-16H,17-18H2/b26-16+. The Bertz CT molecular complexity index is 1410. The monoisotopic (exact) mass is 469 g/mol. The van der Waals surface area contributed by atoms with Crippen LogP contribution in [-0.4, -0.2) is 16.0 Å². The number of benzene rings is 4. The van der Waals surface area contributed by atoms with Gasteiger partial charge in [-0.2, -0.15) is 0 Å². The summed E-state index contributed by atoms with van der Waals surface area (Å²) in [5.74, 6) is -0.156. The fourth-order valence-electron chi connectivity index (χ4n) is 3.82. The quantitative estimate of drug-likeness (QED) is 0.292. The molecular weight excluding hydrogens is 449 g/mol. The van der Waals surface area contributed by atoms with E-state index in [9.17, 15) is 14.0 Å². The summed E-state index contributed by atoms with van der Waals surface area (Å²) in [6, 6.07) is 27.8. The van der Waals surface area contributed by atoms with E-state index in [4.69, 9.17) is 4.74 Å². The van der Waals surface area contributed by atoms with Crippen LogP contribution in [0, 0.1) is 5.82 Å². The van der Waals surface area contributed by atoms with Gasteiger partial charge in [0.15, 0.2) is 0 Å². The molecule has 1 saturated heterocycles. The van der Waals surface area contributed by atoms with Gasteiger partial charge in [0.05, 0.1) is 11.4 Å². The lowest BCUT2D eigenvalue weighted by atomic mass is 10.1. The van der Waals surface area contributed by atoms with Crippen molar-refractivity contribution in [2.75, 3.05) is 0 Å². The van der Waals surface area contributed by atoms with Crippen molar-refractivity contribution in [3.8, 4) is 5.75 Å². The maximum Gasteiger partial charge on any atom is 0.293 e. The average molecular weight is 470 g/mol. The van der Waals surface area contributed by atoms with Crippen molar-refractivity contribution < 1.29 is 18.7 Å². The molecule has 0 bridgehead atoms. The lowest BCUT2D eigenvalue weighted by Gasteiger charge is -2.12. The number of halogens is 1. The number of carbonyl (C=O) groups excluding carboxylic acids is 2. The molecule has 5 rings (SSSR count). The Labute approximate surface area is 200 Å². The molecule has 0 atom stereocenters. The summed E-state index contributed by atoms with van der Waals surface area (Å²) in [5, 5.41) is 1.92. The fraction of sp³-hybridized carbons (Fsp3) is 0.0714. The zero-order valence-electron chi connectivity index (χ0n) is 18.1. The average Bonchev–Trinajstić information content (AvgIpc) is 3.12. The number of amides is 2.